The second kappa shape index (κ2) is 3.30. The summed E-state index contributed by atoms with van der Waals surface area (Å²) < 4.78 is 0.785. The average Bonchev–Trinajstić information content (AvgIpc) is 1.36. The molecule has 0 spiro atoms. The van der Waals surface area contributed by atoms with Gasteiger partial charge in [-0.25, -0.2) is 0 Å². The summed E-state index contributed by atoms with van der Waals surface area (Å²) in [7, 11) is 0. The van der Waals surface area contributed by atoms with Gasteiger partial charge in [-0.05, 0) is 31.9 Å². The third kappa shape index (κ3) is 3.47. The van der Waals surface area contributed by atoms with Crippen molar-refractivity contribution < 1.29 is 0 Å². The lowest BCUT2D eigenvalue weighted by Crippen LogP contribution is -1.45. The Balaban J connectivity index is 3.68. The summed E-state index contributed by atoms with van der Waals surface area (Å²) in [5.41, 5.74) is 0. The molecule has 0 aromatic carbocycles. The molecule has 0 fully saturated rings. The quantitative estimate of drug-likeness (QED) is 0.622. The Bertz CT molecular complexity index is 59.6. The Hall–Kier alpha value is 1.28. The van der Waals surface area contributed by atoms with Crippen molar-refractivity contribution in [1.29, 1.82) is 0 Å². The normalized spacial score (nSPS) is 8.00. The maximum Gasteiger partial charge on any atom is 0.128 e. The second-order valence-corrected chi connectivity index (χ2v) is 4.12. The molecule has 4 heteroatoms. The van der Waals surface area contributed by atoms with E-state index in [1.54, 1.807) is 0 Å². The predicted octanol–water partition coefficient (Wildman–Crippen LogP) is 3.38. The Morgan fingerprint density at radius 1 is 1.17 bits per heavy atom. The molecule has 0 rings (SSSR count). The molecule has 0 aliphatic carbocycles. The molecule has 0 atom stereocenters. The smallest absolute Gasteiger partial charge is 0.0690 e. The summed E-state index contributed by atoms with van der Waals surface area (Å²) >= 11 is 16.3. The Morgan fingerprint density at radius 3 is 1.33 bits per heavy atom. The van der Waals surface area contributed by atoms with Crippen LogP contribution >= 0.6 is 55.1 Å². The molecular formula is C2Br2Cl2. The highest BCUT2D eigenvalue weighted by molar-refractivity contribution is 9.28. The molecule has 0 saturated heterocycles. The average molecular weight is 255 g/mol. The van der Waals surface area contributed by atoms with Gasteiger partial charge < -0.3 is 0 Å². The van der Waals surface area contributed by atoms with Gasteiger partial charge in [0.25, 0.3) is 0 Å². The zero-order valence-electron chi connectivity index (χ0n) is 2.51. The molecule has 6 heavy (non-hydrogen) atoms. The Kier molecular flexibility index (Phi) is 4.01. The molecule has 0 aromatic rings. The lowest BCUT2D eigenvalue weighted by Gasteiger charge is -1.77. The summed E-state index contributed by atoms with van der Waals surface area (Å²) in [6.07, 6.45) is 0. The van der Waals surface area contributed by atoms with E-state index >= 15 is 0 Å². The molecule has 0 nitrogen and oxygen atoms in total. The maximum absolute atomic E-state index is 5.16. The molecule has 0 aliphatic heterocycles. The molecule has 36 valence electrons. The third-order valence-corrected chi connectivity index (χ3v) is 2.23. The van der Waals surface area contributed by atoms with E-state index < -0.39 is 0 Å². The minimum Gasteiger partial charge on any atom is -0.0690 e. The van der Waals surface area contributed by atoms with Crippen molar-refractivity contribution in [2.75, 3.05) is 0 Å². The maximum atomic E-state index is 5.16. The van der Waals surface area contributed by atoms with Gasteiger partial charge in [-0.2, -0.15) is 0 Å². The SMILES string of the molecule is ClC(Cl)=C(Br)Br. The fraction of sp³-hybridized carbons (Fsp3) is 0. The van der Waals surface area contributed by atoms with Gasteiger partial charge in [-0.3, -0.25) is 0 Å². The fourth-order valence-electron chi connectivity index (χ4n) is 0. The van der Waals surface area contributed by atoms with Gasteiger partial charge in [0.1, 0.15) is 4.49 Å². The highest BCUT2D eigenvalue weighted by Crippen LogP contribution is 2.24. The lowest BCUT2D eigenvalue weighted by molar-refractivity contribution is 2.36. The fourth-order valence-corrected chi connectivity index (χ4v) is 0. The van der Waals surface area contributed by atoms with Crippen molar-refractivity contribution in [3.63, 3.8) is 0 Å². The zero-order chi connectivity index (χ0) is 5.15. The number of hydrogen-bond acceptors (Lipinski definition) is 0. The predicted molar refractivity (Wildman–Crippen MR) is 36.6 cm³/mol. The van der Waals surface area contributed by atoms with Crippen LogP contribution in [0.3, 0.4) is 0 Å². The lowest BCUT2D eigenvalue weighted by atomic mass is 11.2. The third-order valence-electron chi connectivity index (χ3n) is 0.143. The standard InChI is InChI=1S/C2Br2Cl2/c3-1(4)2(5)6. The van der Waals surface area contributed by atoms with Crippen molar-refractivity contribution in [1.82, 2.24) is 0 Å². The van der Waals surface area contributed by atoms with Crippen LogP contribution in [0.25, 0.3) is 0 Å². The van der Waals surface area contributed by atoms with Crippen LogP contribution in [0.4, 0.5) is 0 Å². The number of halogens is 4. The zero-order valence-corrected chi connectivity index (χ0v) is 7.20. The number of rotatable bonds is 0. The molecule has 0 aromatic heterocycles. The highest BCUT2D eigenvalue weighted by atomic mass is 79.9. The van der Waals surface area contributed by atoms with Gasteiger partial charge >= 0.3 is 0 Å². The first kappa shape index (κ1) is 7.28. The van der Waals surface area contributed by atoms with Gasteiger partial charge in [-0.15, -0.1) is 0 Å². The molecule has 0 bridgehead atoms. The van der Waals surface area contributed by atoms with Gasteiger partial charge in [-0.1, -0.05) is 23.2 Å². The summed E-state index contributed by atoms with van der Waals surface area (Å²) in [6.45, 7) is 0. The van der Waals surface area contributed by atoms with E-state index in [-0.39, 0.29) is 4.49 Å². The molecule has 0 saturated carbocycles. The van der Waals surface area contributed by atoms with Crippen LogP contribution in [0, 0.1) is 0 Å². The first-order valence-corrected chi connectivity index (χ1v) is 3.35. The first-order chi connectivity index (χ1) is 2.64. The minimum atomic E-state index is 0.204. The first-order valence-electron chi connectivity index (χ1n) is 1.01. The van der Waals surface area contributed by atoms with Crippen LogP contribution in [0.5, 0.6) is 0 Å². The van der Waals surface area contributed by atoms with Gasteiger partial charge in [0, 0.05) is 0 Å². The largest absolute Gasteiger partial charge is 0.128 e. The minimum absolute atomic E-state index is 0.204. The van der Waals surface area contributed by atoms with E-state index in [4.69, 9.17) is 23.2 Å². The molecule has 0 heterocycles. The molecule has 0 radical (unpaired) electrons. The van der Waals surface area contributed by atoms with E-state index in [9.17, 15) is 0 Å². The topological polar surface area (TPSA) is 0 Å². The Morgan fingerprint density at radius 2 is 1.33 bits per heavy atom. The van der Waals surface area contributed by atoms with Crippen LogP contribution in [-0.4, -0.2) is 0 Å². The van der Waals surface area contributed by atoms with Crippen LogP contribution in [0.1, 0.15) is 0 Å². The summed E-state index contributed by atoms with van der Waals surface area (Å²) in [6, 6.07) is 0. The Labute approximate surface area is 62.8 Å². The summed E-state index contributed by atoms with van der Waals surface area (Å²) in [5, 5.41) is 0. The number of hydrogen-bond donors (Lipinski definition) is 0. The van der Waals surface area contributed by atoms with Crippen molar-refractivity contribution in [3.05, 3.63) is 7.88 Å². The van der Waals surface area contributed by atoms with Crippen molar-refractivity contribution in [2.24, 2.45) is 0 Å². The van der Waals surface area contributed by atoms with Gasteiger partial charge in [0.15, 0.2) is 0 Å². The van der Waals surface area contributed by atoms with Crippen molar-refractivity contribution in [3.8, 4) is 0 Å². The monoisotopic (exact) mass is 252 g/mol. The molecular weight excluding hydrogens is 255 g/mol. The highest BCUT2D eigenvalue weighted by Gasteiger charge is 1.86. The van der Waals surface area contributed by atoms with Crippen LogP contribution in [0.2, 0.25) is 0 Å². The van der Waals surface area contributed by atoms with Crippen LogP contribution in [-0.2, 0) is 0 Å². The van der Waals surface area contributed by atoms with Gasteiger partial charge in [0.2, 0.25) is 0 Å². The van der Waals surface area contributed by atoms with Gasteiger partial charge in [0.05, 0.1) is 3.39 Å². The molecule has 0 N–H and O–H groups in total. The van der Waals surface area contributed by atoms with E-state index in [0.29, 0.717) is 3.39 Å². The summed E-state index contributed by atoms with van der Waals surface area (Å²) in [5.74, 6) is 0. The molecule has 0 aliphatic rings. The van der Waals surface area contributed by atoms with E-state index in [0.717, 1.165) is 0 Å². The van der Waals surface area contributed by atoms with E-state index in [1.807, 2.05) is 0 Å². The van der Waals surface area contributed by atoms with Crippen LogP contribution in [0.15, 0.2) is 7.88 Å². The van der Waals surface area contributed by atoms with E-state index in [1.165, 1.54) is 0 Å². The van der Waals surface area contributed by atoms with Crippen molar-refractivity contribution >= 4 is 55.1 Å². The molecule has 0 unspecified atom stereocenters. The van der Waals surface area contributed by atoms with E-state index in [2.05, 4.69) is 31.9 Å². The van der Waals surface area contributed by atoms with Crippen LogP contribution < -0.4 is 0 Å². The molecule has 0 amide bonds. The summed E-state index contributed by atoms with van der Waals surface area (Å²) in [4.78, 5) is 0. The van der Waals surface area contributed by atoms with Crippen molar-refractivity contribution in [2.45, 2.75) is 0 Å². The second-order valence-electron chi connectivity index (χ2n) is 0.521.